The van der Waals surface area contributed by atoms with Crippen LogP contribution in [-0.2, 0) is 0 Å². The maximum Gasteiger partial charge on any atom is 0.000496 e. The summed E-state index contributed by atoms with van der Waals surface area (Å²) < 4.78 is 0. The minimum Gasteiger partial charge on any atom is -0.330 e. The maximum atomic E-state index is 5.61. The lowest BCUT2D eigenvalue weighted by molar-refractivity contribution is 0.237. The Morgan fingerprint density at radius 1 is 1.18 bits per heavy atom. The lowest BCUT2D eigenvalue weighted by atomic mass is 9.81. The van der Waals surface area contributed by atoms with E-state index in [0.29, 0.717) is 5.41 Å². The molecule has 0 saturated heterocycles. The van der Waals surface area contributed by atoms with E-state index < -0.39 is 0 Å². The van der Waals surface area contributed by atoms with Crippen LogP contribution in [0.5, 0.6) is 0 Å². The summed E-state index contributed by atoms with van der Waals surface area (Å²) in [5, 5.41) is 3.60. The molecule has 0 aromatic carbocycles. The molecule has 0 heterocycles. The van der Waals surface area contributed by atoms with Crippen molar-refractivity contribution in [2.24, 2.45) is 23.0 Å². The fraction of sp³-hybridized carbons (Fsp3) is 1.00. The third-order valence-corrected chi connectivity index (χ3v) is 4.26. The van der Waals surface area contributed by atoms with Gasteiger partial charge in [-0.25, -0.2) is 0 Å². The molecule has 1 atom stereocenters. The number of nitrogens with two attached hydrogens (primary N) is 1. The number of rotatable bonds is 10. The van der Waals surface area contributed by atoms with Crippen LogP contribution < -0.4 is 11.1 Å². The van der Waals surface area contributed by atoms with E-state index in [-0.39, 0.29) is 0 Å². The van der Waals surface area contributed by atoms with Gasteiger partial charge in [0, 0.05) is 6.54 Å². The van der Waals surface area contributed by atoms with Crippen LogP contribution in [0.4, 0.5) is 0 Å². The summed E-state index contributed by atoms with van der Waals surface area (Å²) in [6, 6.07) is 0. The summed E-state index contributed by atoms with van der Waals surface area (Å²) in [6.07, 6.45) is 5.07. The van der Waals surface area contributed by atoms with Crippen LogP contribution in [0.25, 0.3) is 0 Å². The summed E-state index contributed by atoms with van der Waals surface area (Å²) in [7, 11) is 0. The van der Waals surface area contributed by atoms with Crippen LogP contribution >= 0.6 is 0 Å². The van der Waals surface area contributed by atoms with Gasteiger partial charge in [0.25, 0.3) is 0 Å². The first-order chi connectivity index (χ1) is 7.94. The highest BCUT2D eigenvalue weighted by atomic mass is 14.9. The van der Waals surface area contributed by atoms with Crippen LogP contribution in [0.2, 0.25) is 0 Å². The maximum absolute atomic E-state index is 5.61. The minimum absolute atomic E-state index is 0.404. The van der Waals surface area contributed by atoms with Crippen molar-refractivity contribution in [3.63, 3.8) is 0 Å². The zero-order chi connectivity index (χ0) is 13.3. The Kier molecular flexibility index (Phi) is 8.89. The van der Waals surface area contributed by atoms with E-state index >= 15 is 0 Å². The van der Waals surface area contributed by atoms with Crippen molar-refractivity contribution in [1.82, 2.24) is 5.32 Å². The zero-order valence-electron chi connectivity index (χ0n) is 12.7. The monoisotopic (exact) mass is 242 g/mol. The lowest BCUT2D eigenvalue weighted by Crippen LogP contribution is -2.34. The molecule has 104 valence electrons. The highest BCUT2D eigenvalue weighted by Gasteiger charge is 2.21. The van der Waals surface area contributed by atoms with Crippen LogP contribution in [0, 0.1) is 17.3 Å². The molecule has 0 radical (unpaired) electrons. The van der Waals surface area contributed by atoms with Gasteiger partial charge in [0.15, 0.2) is 0 Å². The SMILES string of the molecule is CCC(CCN)CCCNCC(C)(C)C(C)C. The van der Waals surface area contributed by atoms with Crippen LogP contribution in [0.1, 0.15) is 60.3 Å². The quantitative estimate of drug-likeness (QED) is 0.576. The van der Waals surface area contributed by atoms with E-state index in [1.54, 1.807) is 0 Å². The standard InChI is InChI=1S/C15H34N2/c1-6-14(9-10-16)8-7-11-17-12-15(4,5)13(2)3/h13-14,17H,6-12,16H2,1-5H3. The van der Waals surface area contributed by atoms with E-state index in [0.717, 1.165) is 31.5 Å². The van der Waals surface area contributed by atoms with Gasteiger partial charge in [-0.05, 0) is 49.6 Å². The van der Waals surface area contributed by atoms with E-state index in [2.05, 4.69) is 39.9 Å². The topological polar surface area (TPSA) is 38.0 Å². The molecule has 3 N–H and O–H groups in total. The van der Waals surface area contributed by atoms with Crippen molar-refractivity contribution < 1.29 is 0 Å². The molecule has 17 heavy (non-hydrogen) atoms. The van der Waals surface area contributed by atoms with E-state index in [1.807, 2.05) is 0 Å². The molecule has 0 bridgehead atoms. The van der Waals surface area contributed by atoms with E-state index in [9.17, 15) is 0 Å². The van der Waals surface area contributed by atoms with Gasteiger partial charge < -0.3 is 11.1 Å². The molecule has 0 aromatic heterocycles. The minimum atomic E-state index is 0.404. The predicted molar refractivity (Wildman–Crippen MR) is 78.2 cm³/mol. The van der Waals surface area contributed by atoms with Gasteiger partial charge >= 0.3 is 0 Å². The molecule has 2 nitrogen and oxygen atoms in total. The first-order valence-electron chi connectivity index (χ1n) is 7.34. The summed E-state index contributed by atoms with van der Waals surface area (Å²) in [4.78, 5) is 0. The summed E-state index contributed by atoms with van der Waals surface area (Å²) in [5.41, 5.74) is 6.01. The Morgan fingerprint density at radius 3 is 2.29 bits per heavy atom. The van der Waals surface area contributed by atoms with E-state index in [4.69, 9.17) is 5.73 Å². The second-order valence-electron chi connectivity index (χ2n) is 6.31. The van der Waals surface area contributed by atoms with Gasteiger partial charge in [0.05, 0.1) is 0 Å². The predicted octanol–water partition coefficient (Wildman–Crippen LogP) is 3.41. The smallest absolute Gasteiger partial charge is 0.000496 e. The van der Waals surface area contributed by atoms with Crippen molar-refractivity contribution in [2.75, 3.05) is 19.6 Å². The van der Waals surface area contributed by atoms with Gasteiger partial charge in [-0.3, -0.25) is 0 Å². The second kappa shape index (κ2) is 8.93. The number of nitrogens with one attached hydrogen (secondary N) is 1. The molecule has 0 spiro atoms. The van der Waals surface area contributed by atoms with E-state index in [1.165, 1.54) is 25.7 Å². The molecule has 0 saturated carbocycles. The molecule has 0 fully saturated rings. The normalized spacial score (nSPS) is 14.3. The Balaban J connectivity index is 3.58. The summed E-state index contributed by atoms with van der Waals surface area (Å²) in [6.45, 7) is 14.7. The molecular formula is C15H34N2. The second-order valence-corrected chi connectivity index (χ2v) is 6.31. The van der Waals surface area contributed by atoms with Gasteiger partial charge in [-0.1, -0.05) is 41.0 Å². The molecule has 0 rings (SSSR count). The van der Waals surface area contributed by atoms with Crippen LogP contribution in [0.15, 0.2) is 0 Å². The largest absolute Gasteiger partial charge is 0.330 e. The molecule has 1 unspecified atom stereocenters. The molecule has 0 aliphatic rings. The fourth-order valence-electron chi connectivity index (χ4n) is 1.92. The van der Waals surface area contributed by atoms with Gasteiger partial charge in [-0.15, -0.1) is 0 Å². The van der Waals surface area contributed by atoms with Crippen LogP contribution in [-0.4, -0.2) is 19.6 Å². The highest BCUT2D eigenvalue weighted by Crippen LogP contribution is 2.24. The average Bonchev–Trinajstić information content (AvgIpc) is 2.26. The average molecular weight is 242 g/mol. The Labute approximate surface area is 109 Å². The third-order valence-electron chi connectivity index (χ3n) is 4.26. The molecule has 0 aliphatic carbocycles. The van der Waals surface area contributed by atoms with Gasteiger partial charge in [-0.2, -0.15) is 0 Å². The van der Waals surface area contributed by atoms with Crippen LogP contribution in [0.3, 0.4) is 0 Å². The Hall–Kier alpha value is -0.0800. The van der Waals surface area contributed by atoms with Crippen molar-refractivity contribution in [3.05, 3.63) is 0 Å². The molecule has 2 heteroatoms. The van der Waals surface area contributed by atoms with Crippen molar-refractivity contribution in [1.29, 1.82) is 0 Å². The van der Waals surface area contributed by atoms with Crippen molar-refractivity contribution in [2.45, 2.75) is 60.3 Å². The first-order valence-corrected chi connectivity index (χ1v) is 7.34. The zero-order valence-corrected chi connectivity index (χ0v) is 12.7. The molecule has 0 amide bonds. The fourth-order valence-corrected chi connectivity index (χ4v) is 1.92. The summed E-state index contributed by atoms with van der Waals surface area (Å²) >= 11 is 0. The van der Waals surface area contributed by atoms with Crippen molar-refractivity contribution >= 4 is 0 Å². The van der Waals surface area contributed by atoms with Gasteiger partial charge in [0.1, 0.15) is 0 Å². The number of hydrogen-bond acceptors (Lipinski definition) is 2. The Morgan fingerprint density at radius 2 is 1.82 bits per heavy atom. The lowest BCUT2D eigenvalue weighted by Gasteiger charge is -2.29. The Bertz CT molecular complexity index is 176. The molecule has 0 aromatic rings. The number of hydrogen-bond donors (Lipinski definition) is 2. The summed E-state index contributed by atoms with van der Waals surface area (Å²) in [5.74, 6) is 1.57. The third kappa shape index (κ3) is 7.77. The van der Waals surface area contributed by atoms with Crippen molar-refractivity contribution in [3.8, 4) is 0 Å². The molecule has 0 aliphatic heterocycles. The van der Waals surface area contributed by atoms with Gasteiger partial charge in [0.2, 0.25) is 0 Å². The highest BCUT2D eigenvalue weighted by molar-refractivity contribution is 4.74. The first kappa shape index (κ1) is 16.9. The molecular weight excluding hydrogens is 208 g/mol.